The molecule has 7 heteroatoms. The van der Waals surface area contributed by atoms with Gasteiger partial charge in [0.25, 0.3) is 0 Å². The first-order valence-electron chi connectivity index (χ1n) is 11.1. The maximum absolute atomic E-state index is 12.9. The Morgan fingerprint density at radius 1 is 1.23 bits per heavy atom. The van der Waals surface area contributed by atoms with Crippen molar-refractivity contribution in [2.24, 2.45) is 5.92 Å². The number of benzene rings is 1. The summed E-state index contributed by atoms with van der Waals surface area (Å²) in [5.41, 5.74) is 3.14. The number of hydrogen-bond acceptors (Lipinski definition) is 4. The second-order valence-electron chi connectivity index (χ2n) is 8.14. The first kappa shape index (κ1) is 21.3. The minimum absolute atomic E-state index is 0.0117. The van der Waals surface area contributed by atoms with Gasteiger partial charge in [0, 0.05) is 32.4 Å². The summed E-state index contributed by atoms with van der Waals surface area (Å²) in [7, 11) is 0. The van der Waals surface area contributed by atoms with Crippen molar-refractivity contribution in [2.45, 2.75) is 39.3 Å². The van der Waals surface area contributed by atoms with Gasteiger partial charge in [-0.15, -0.1) is 0 Å². The largest absolute Gasteiger partial charge is 0.379 e. The Hall–Kier alpha value is -2.93. The molecule has 4 rings (SSSR count). The van der Waals surface area contributed by atoms with E-state index in [1.807, 2.05) is 67.5 Å². The highest BCUT2D eigenvalue weighted by atomic mass is 16.5. The van der Waals surface area contributed by atoms with E-state index in [4.69, 9.17) is 4.74 Å². The van der Waals surface area contributed by atoms with Crippen LogP contribution in [0.4, 0.5) is 4.79 Å². The topological polar surface area (TPSA) is 72.3 Å². The summed E-state index contributed by atoms with van der Waals surface area (Å²) in [6.07, 6.45) is 5.60. The molecule has 1 aliphatic rings. The lowest BCUT2D eigenvalue weighted by molar-refractivity contribution is 0.116. The Morgan fingerprint density at radius 3 is 2.74 bits per heavy atom. The Kier molecular flexibility index (Phi) is 6.82. The lowest BCUT2D eigenvalue weighted by atomic mass is 9.96. The molecule has 164 valence electrons. The molecule has 1 aliphatic heterocycles. The van der Waals surface area contributed by atoms with Crippen molar-refractivity contribution in [3.8, 4) is 0 Å². The van der Waals surface area contributed by atoms with E-state index >= 15 is 0 Å². The number of hydrogen-bond donors (Lipinski definition) is 1. The number of ether oxygens (including phenoxy) is 1. The highest BCUT2D eigenvalue weighted by Gasteiger charge is 2.26. The summed E-state index contributed by atoms with van der Waals surface area (Å²) in [6.45, 7) is 7.58. The summed E-state index contributed by atoms with van der Waals surface area (Å²) in [5.74, 6) is 1.55. The molecule has 2 amide bonds. The number of nitrogens with one attached hydrogen (secondary N) is 1. The second kappa shape index (κ2) is 9.92. The molecule has 7 nitrogen and oxygen atoms in total. The van der Waals surface area contributed by atoms with Gasteiger partial charge in [0.1, 0.15) is 11.3 Å². The van der Waals surface area contributed by atoms with E-state index in [1.165, 1.54) is 0 Å². The van der Waals surface area contributed by atoms with Gasteiger partial charge in [-0.25, -0.2) is 9.78 Å². The fraction of sp³-hybridized carbons (Fsp3) is 0.458. The first-order valence-corrected chi connectivity index (χ1v) is 11.1. The van der Waals surface area contributed by atoms with E-state index in [0.717, 1.165) is 54.9 Å². The van der Waals surface area contributed by atoms with Crippen LogP contribution in [0.2, 0.25) is 0 Å². The summed E-state index contributed by atoms with van der Waals surface area (Å²) < 4.78 is 7.90. The molecule has 1 N–H and O–H groups in total. The fourth-order valence-electron chi connectivity index (χ4n) is 4.29. The molecule has 1 aromatic carbocycles. The number of amides is 2. The van der Waals surface area contributed by atoms with E-state index in [9.17, 15) is 4.79 Å². The highest BCUT2D eigenvalue weighted by molar-refractivity contribution is 5.75. The lowest BCUT2D eigenvalue weighted by Gasteiger charge is -2.33. The predicted molar refractivity (Wildman–Crippen MR) is 121 cm³/mol. The number of aromatic nitrogens is 3. The van der Waals surface area contributed by atoms with E-state index in [-0.39, 0.29) is 12.1 Å². The molecular weight excluding hydrogens is 390 g/mol. The van der Waals surface area contributed by atoms with Crippen LogP contribution in [-0.2, 0) is 11.3 Å². The maximum atomic E-state index is 12.9. The van der Waals surface area contributed by atoms with Crippen LogP contribution in [-0.4, -0.2) is 51.8 Å². The molecule has 3 aromatic rings. The molecule has 1 saturated heterocycles. The number of pyridine rings is 1. The number of imidazole rings is 1. The smallest absolute Gasteiger partial charge is 0.317 e. The quantitative estimate of drug-likeness (QED) is 0.627. The van der Waals surface area contributed by atoms with Crippen LogP contribution in [0.3, 0.4) is 0 Å². The van der Waals surface area contributed by atoms with Crippen molar-refractivity contribution < 1.29 is 9.53 Å². The summed E-state index contributed by atoms with van der Waals surface area (Å²) in [5, 5.41) is 3.17. The SMILES string of the molecule is CCOC[C@@H](NC(=O)N1CCC(Cn2c(C)nc3cnccc32)CC1)c1ccccc1. The molecule has 3 heterocycles. The summed E-state index contributed by atoms with van der Waals surface area (Å²) >= 11 is 0. The van der Waals surface area contributed by atoms with Crippen molar-refractivity contribution >= 4 is 17.1 Å². The molecule has 31 heavy (non-hydrogen) atoms. The van der Waals surface area contributed by atoms with Gasteiger partial charge in [-0.3, -0.25) is 4.98 Å². The minimum Gasteiger partial charge on any atom is -0.379 e. The molecule has 0 unspecified atom stereocenters. The highest BCUT2D eigenvalue weighted by Crippen LogP contribution is 2.23. The van der Waals surface area contributed by atoms with Crippen LogP contribution in [0.1, 0.15) is 37.2 Å². The Bertz CT molecular complexity index is 996. The Labute approximate surface area is 183 Å². The fourth-order valence-corrected chi connectivity index (χ4v) is 4.29. The molecule has 0 saturated carbocycles. The Morgan fingerprint density at radius 2 is 2.00 bits per heavy atom. The average molecular weight is 422 g/mol. The standard InChI is InChI=1S/C24H31N5O2/c1-3-31-17-22(20-7-5-4-6-8-20)27-24(30)28-13-10-19(11-14-28)16-29-18(2)26-21-15-25-12-9-23(21)29/h4-9,12,15,19,22H,3,10-11,13-14,16-17H2,1-2H3,(H,27,30)/t22-/m1/s1. The van der Waals surface area contributed by atoms with Crippen molar-refractivity contribution in [3.05, 3.63) is 60.2 Å². The number of rotatable bonds is 7. The molecule has 0 aliphatic carbocycles. The number of carbonyl (C=O) groups excluding carboxylic acids is 1. The van der Waals surface area contributed by atoms with Gasteiger partial charge in [0.05, 0.1) is 24.4 Å². The number of fused-ring (bicyclic) bond motifs is 1. The van der Waals surface area contributed by atoms with Gasteiger partial charge >= 0.3 is 6.03 Å². The third-order valence-electron chi connectivity index (χ3n) is 6.07. The first-order chi connectivity index (χ1) is 15.2. The zero-order chi connectivity index (χ0) is 21.6. The molecule has 1 fully saturated rings. The van der Waals surface area contributed by atoms with Crippen LogP contribution < -0.4 is 5.32 Å². The van der Waals surface area contributed by atoms with E-state index in [2.05, 4.69) is 19.9 Å². The molecule has 1 atom stereocenters. The molecule has 0 spiro atoms. The number of carbonyl (C=O) groups is 1. The third-order valence-corrected chi connectivity index (χ3v) is 6.07. The van der Waals surface area contributed by atoms with E-state index < -0.39 is 0 Å². The Balaban J connectivity index is 1.34. The number of likely N-dealkylation sites (tertiary alicyclic amines) is 1. The van der Waals surface area contributed by atoms with Crippen molar-refractivity contribution in [1.82, 2.24) is 24.8 Å². The number of aryl methyl sites for hydroxylation is 1. The van der Waals surface area contributed by atoms with Crippen LogP contribution in [0.25, 0.3) is 11.0 Å². The van der Waals surface area contributed by atoms with E-state index in [1.54, 1.807) is 0 Å². The van der Waals surface area contributed by atoms with Gasteiger partial charge in [0.2, 0.25) is 0 Å². The van der Waals surface area contributed by atoms with Crippen LogP contribution in [0.5, 0.6) is 0 Å². The normalized spacial score (nSPS) is 15.9. The third kappa shape index (κ3) is 5.05. The van der Waals surface area contributed by atoms with Crippen LogP contribution in [0.15, 0.2) is 48.8 Å². The number of urea groups is 1. The van der Waals surface area contributed by atoms with Crippen LogP contribution >= 0.6 is 0 Å². The predicted octanol–water partition coefficient (Wildman–Crippen LogP) is 3.94. The van der Waals surface area contributed by atoms with Crippen molar-refractivity contribution in [2.75, 3.05) is 26.3 Å². The van der Waals surface area contributed by atoms with Gasteiger partial charge in [-0.1, -0.05) is 30.3 Å². The number of piperidine rings is 1. The van der Waals surface area contributed by atoms with Gasteiger partial charge in [0.15, 0.2) is 0 Å². The van der Waals surface area contributed by atoms with Crippen LogP contribution in [0, 0.1) is 12.8 Å². The van der Waals surface area contributed by atoms with Gasteiger partial charge < -0.3 is 19.5 Å². The summed E-state index contributed by atoms with van der Waals surface area (Å²) in [4.78, 5) is 23.7. The zero-order valence-corrected chi connectivity index (χ0v) is 18.3. The molecule has 0 bridgehead atoms. The van der Waals surface area contributed by atoms with E-state index in [0.29, 0.717) is 19.1 Å². The molecular formula is C24H31N5O2. The zero-order valence-electron chi connectivity index (χ0n) is 18.3. The second-order valence-corrected chi connectivity index (χ2v) is 8.14. The van der Waals surface area contributed by atoms with Gasteiger partial charge in [-0.05, 0) is 44.2 Å². The monoisotopic (exact) mass is 421 g/mol. The van der Waals surface area contributed by atoms with Crippen molar-refractivity contribution in [3.63, 3.8) is 0 Å². The molecule has 2 aromatic heterocycles. The van der Waals surface area contributed by atoms with Crippen molar-refractivity contribution in [1.29, 1.82) is 0 Å². The maximum Gasteiger partial charge on any atom is 0.317 e. The minimum atomic E-state index is -0.139. The number of nitrogens with zero attached hydrogens (tertiary/aromatic N) is 4. The molecule has 0 radical (unpaired) electrons. The van der Waals surface area contributed by atoms with Gasteiger partial charge in [-0.2, -0.15) is 0 Å². The lowest BCUT2D eigenvalue weighted by Crippen LogP contribution is -2.46. The summed E-state index contributed by atoms with van der Waals surface area (Å²) in [6, 6.07) is 11.9. The average Bonchev–Trinajstić information content (AvgIpc) is 3.12.